The van der Waals surface area contributed by atoms with Gasteiger partial charge in [-0.15, -0.1) is 0 Å². The van der Waals surface area contributed by atoms with E-state index in [0.717, 1.165) is 0 Å². The lowest BCUT2D eigenvalue weighted by Crippen LogP contribution is -2.63. The molecule has 0 radical (unpaired) electrons. The molecule has 8 nitrogen and oxygen atoms in total. The van der Waals surface area contributed by atoms with Gasteiger partial charge in [0.15, 0.2) is 0 Å². The number of nitrogens with zero attached hydrogens (tertiary/aromatic N) is 2. The molecular weight excluding hydrogens is 348 g/mol. The Bertz CT molecular complexity index is 632. The number of carbonyl (C=O) groups excluding carboxylic acids is 2. The lowest BCUT2D eigenvalue weighted by atomic mass is 10.1. The SMILES string of the molecule is CC(C)(C)NC(=O)C1CN(C(=O)Oc2ccccc2)CCN1C[C@@H](O)CN. The first-order chi connectivity index (χ1) is 12.7. The summed E-state index contributed by atoms with van der Waals surface area (Å²) in [5.41, 5.74) is 5.11. The molecule has 1 aromatic carbocycles. The van der Waals surface area contributed by atoms with Crippen LogP contribution in [0.15, 0.2) is 30.3 Å². The van der Waals surface area contributed by atoms with Gasteiger partial charge in [-0.1, -0.05) is 18.2 Å². The van der Waals surface area contributed by atoms with Gasteiger partial charge in [-0.05, 0) is 32.9 Å². The van der Waals surface area contributed by atoms with E-state index in [0.29, 0.717) is 18.8 Å². The quantitative estimate of drug-likeness (QED) is 0.685. The minimum Gasteiger partial charge on any atom is -0.410 e. The van der Waals surface area contributed by atoms with Crippen LogP contribution < -0.4 is 15.8 Å². The number of piperazine rings is 1. The van der Waals surface area contributed by atoms with Crippen LogP contribution in [0.2, 0.25) is 0 Å². The molecule has 1 aliphatic heterocycles. The van der Waals surface area contributed by atoms with Crippen LogP contribution in [-0.4, -0.2) is 77.3 Å². The highest BCUT2D eigenvalue weighted by Crippen LogP contribution is 2.16. The molecule has 27 heavy (non-hydrogen) atoms. The summed E-state index contributed by atoms with van der Waals surface area (Å²) in [4.78, 5) is 28.7. The van der Waals surface area contributed by atoms with E-state index in [1.54, 1.807) is 24.3 Å². The maximum Gasteiger partial charge on any atom is 0.415 e. The second-order valence-electron chi connectivity index (χ2n) is 7.77. The summed E-state index contributed by atoms with van der Waals surface area (Å²) in [5.74, 6) is 0.267. The van der Waals surface area contributed by atoms with Crippen molar-refractivity contribution in [3.8, 4) is 5.75 Å². The summed E-state index contributed by atoms with van der Waals surface area (Å²) in [6.07, 6.45) is -1.22. The molecule has 0 aromatic heterocycles. The number of rotatable bonds is 5. The Morgan fingerprint density at radius 3 is 2.56 bits per heavy atom. The zero-order chi connectivity index (χ0) is 20.0. The second kappa shape index (κ2) is 9.16. The highest BCUT2D eigenvalue weighted by Gasteiger charge is 2.36. The number of aliphatic hydroxyl groups is 1. The van der Waals surface area contributed by atoms with Crippen molar-refractivity contribution in [1.82, 2.24) is 15.1 Å². The Morgan fingerprint density at radius 1 is 1.30 bits per heavy atom. The monoisotopic (exact) mass is 378 g/mol. The average Bonchev–Trinajstić information content (AvgIpc) is 2.61. The van der Waals surface area contributed by atoms with Crippen LogP contribution in [0.5, 0.6) is 5.75 Å². The number of nitrogens with two attached hydrogens (primary N) is 1. The molecular formula is C19H30N4O4. The smallest absolute Gasteiger partial charge is 0.410 e. The van der Waals surface area contributed by atoms with E-state index < -0.39 is 23.8 Å². The molecule has 1 saturated heterocycles. The Morgan fingerprint density at radius 2 is 1.96 bits per heavy atom. The molecule has 0 aliphatic carbocycles. The summed E-state index contributed by atoms with van der Waals surface area (Å²) in [5, 5.41) is 12.9. The number of hydrogen-bond donors (Lipinski definition) is 3. The van der Waals surface area contributed by atoms with Crippen molar-refractivity contribution in [2.24, 2.45) is 5.73 Å². The van der Waals surface area contributed by atoms with Gasteiger partial charge in [0.1, 0.15) is 11.8 Å². The molecule has 2 amide bonds. The summed E-state index contributed by atoms with van der Waals surface area (Å²) in [7, 11) is 0. The first kappa shape index (κ1) is 21.1. The molecule has 1 heterocycles. The van der Waals surface area contributed by atoms with Crippen LogP contribution in [-0.2, 0) is 4.79 Å². The van der Waals surface area contributed by atoms with Gasteiger partial charge in [0, 0.05) is 38.3 Å². The maximum atomic E-state index is 12.8. The second-order valence-corrected chi connectivity index (χ2v) is 7.77. The first-order valence-electron chi connectivity index (χ1n) is 9.15. The van der Waals surface area contributed by atoms with Gasteiger partial charge >= 0.3 is 6.09 Å². The number of carbonyl (C=O) groups is 2. The standard InChI is InChI=1S/C19H30N4O4/c1-19(2,3)21-17(25)16-13-23(10-9-22(16)12-14(24)11-20)18(26)27-15-7-5-4-6-8-15/h4-8,14,16,24H,9-13,20H2,1-3H3,(H,21,25)/t14-,16?/m0/s1. The first-order valence-corrected chi connectivity index (χ1v) is 9.15. The fourth-order valence-electron chi connectivity index (χ4n) is 2.91. The zero-order valence-electron chi connectivity index (χ0n) is 16.2. The number of β-amino-alcohol motifs (C(OH)–C–C–N with tert-alkyl or cyclic N) is 1. The number of aliphatic hydroxyl groups excluding tert-OH is 1. The summed E-state index contributed by atoms with van der Waals surface area (Å²) >= 11 is 0. The lowest BCUT2D eigenvalue weighted by molar-refractivity contribution is -0.130. The van der Waals surface area contributed by atoms with Gasteiger partial charge in [0.2, 0.25) is 5.91 Å². The number of hydrogen-bond acceptors (Lipinski definition) is 6. The third-order valence-electron chi connectivity index (χ3n) is 4.22. The molecule has 8 heteroatoms. The molecule has 2 atom stereocenters. The normalized spacial score (nSPS) is 19.4. The van der Waals surface area contributed by atoms with Gasteiger partial charge in [-0.3, -0.25) is 9.69 Å². The zero-order valence-corrected chi connectivity index (χ0v) is 16.2. The Balaban J connectivity index is 2.08. The molecule has 1 fully saturated rings. The molecule has 1 aromatic rings. The largest absolute Gasteiger partial charge is 0.415 e. The van der Waals surface area contributed by atoms with Crippen molar-refractivity contribution in [2.45, 2.75) is 38.5 Å². The highest BCUT2D eigenvalue weighted by molar-refractivity contribution is 5.83. The van der Waals surface area contributed by atoms with E-state index in [9.17, 15) is 14.7 Å². The average molecular weight is 378 g/mol. The molecule has 150 valence electrons. The Hall–Kier alpha value is -2.16. The van der Waals surface area contributed by atoms with E-state index in [2.05, 4.69) is 5.32 Å². The van der Waals surface area contributed by atoms with E-state index in [1.807, 2.05) is 31.7 Å². The third-order valence-corrected chi connectivity index (χ3v) is 4.22. The topological polar surface area (TPSA) is 108 Å². The van der Waals surface area contributed by atoms with E-state index in [-0.39, 0.29) is 25.5 Å². The minimum absolute atomic E-state index is 0.115. The minimum atomic E-state index is -0.724. The Labute approximate surface area is 160 Å². The number of benzene rings is 1. The van der Waals surface area contributed by atoms with Crippen LogP contribution in [0.1, 0.15) is 20.8 Å². The van der Waals surface area contributed by atoms with Gasteiger partial charge in [-0.25, -0.2) is 4.79 Å². The molecule has 1 aliphatic rings. The summed E-state index contributed by atoms with van der Waals surface area (Å²) in [6.45, 7) is 7.12. The summed E-state index contributed by atoms with van der Waals surface area (Å²) in [6, 6.07) is 8.24. The number of nitrogens with one attached hydrogen (secondary N) is 1. The lowest BCUT2D eigenvalue weighted by Gasteiger charge is -2.41. The van der Waals surface area contributed by atoms with Gasteiger partial charge in [0.25, 0.3) is 0 Å². The van der Waals surface area contributed by atoms with Gasteiger partial charge in [-0.2, -0.15) is 0 Å². The Kier molecular flexibility index (Phi) is 7.18. The number of amides is 2. The predicted octanol–water partition coefficient (Wildman–Crippen LogP) is 0.406. The molecule has 1 unspecified atom stereocenters. The maximum absolute atomic E-state index is 12.8. The van der Waals surface area contributed by atoms with Crippen LogP contribution in [0.4, 0.5) is 4.79 Å². The van der Waals surface area contributed by atoms with Crippen LogP contribution in [0, 0.1) is 0 Å². The van der Waals surface area contributed by atoms with Crippen LogP contribution >= 0.6 is 0 Å². The molecule has 0 spiro atoms. The summed E-state index contributed by atoms with van der Waals surface area (Å²) < 4.78 is 5.39. The fourth-order valence-corrected chi connectivity index (χ4v) is 2.91. The van der Waals surface area contributed by atoms with Crippen LogP contribution in [0.3, 0.4) is 0 Å². The third kappa shape index (κ3) is 6.50. The number of para-hydroxylation sites is 1. The van der Waals surface area contributed by atoms with Gasteiger partial charge in [0.05, 0.1) is 6.10 Å². The van der Waals surface area contributed by atoms with Crippen molar-refractivity contribution in [3.63, 3.8) is 0 Å². The fraction of sp³-hybridized carbons (Fsp3) is 0.579. The van der Waals surface area contributed by atoms with Gasteiger partial charge < -0.3 is 25.8 Å². The van der Waals surface area contributed by atoms with E-state index in [1.165, 1.54) is 4.90 Å². The van der Waals surface area contributed by atoms with Crippen molar-refractivity contribution < 1.29 is 19.4 Å². The molecule has 2 rings (SSSR count). The predicted molar refractivity (Wildman–Crippen MR) is 102 cm³/mol. The van der Waals surface area contributed by atoms with Crippen molar-refractivity contribution in [1.29, 1.82) is 0 Å². The molecule has 4 N–H and O–H groups in total. The molecule has 0 bridgehead atoms. The molecule has 0 saturated carbocycles. The van der Waals surface area contributed by atoms with E-state index in [4.69, 9.17) is 10.5 Å². The number of ether oxygens (including phenoxy) is 1. The van der Waals surface area contributed by atoms with E-state index >= 15 is 0 Å². The van der Waals surface area contributed by atoms with Crippen molar-refractivity contribution in [2.75, 3.05) is 32.7 Å². The highest BCUT2D eigenvalue weighted by atomic mass is 16.6. The van der Waals surface area contributed by atoms with Crippen molar-refractivity contribution in [3.05, 3.63) is 30.3 Å². The van der Waals surface area contributed by atoms with Crippen molar-refractivity contribution >= 4 is 12.0 Å². The van der Waals surface area contributed by atoms with Crippen LogP contribution in [0.25, 0.3) is 0 Å².